The highest BCUT2D eigenvalue weighted by Crippen LogP contribution is 2.21. The van der Waals surface area contributed by atoms with E-state index in [0.29, 0.717) is 18.1 Å². The first-order chi connectivity index (χ1) is 8.06. The largest absolute Gasteiger partial charge is 0.393 e. The van der Waals surface area contributed by atoms with Crippen molar-refractivity contribution in [2.24, 2.45) is 7.05 Å². The molecule has 0 aliphatic rings. The summed E-state index contributed by atoms with van der Waals surface area (Å²) in [6, 6.07) is 0. The minimum Gasteiger partial charge on any atom is -0.393 e. The average Bonchev–Trinajstić information content (AvgIpc) is 2.52. The minimum atomic E-state index is -0.386. The standard InChI is InChI=1S/C12H21ClN2O2/c1-4-17-7-5-6-10(16)8-11-12(13)9(2)14-15(11)3/h10,16H,4-8H2,1-3H3. The molecule has 0 amide bonds. The quantitative estimate of drug-likeness (QED) is 0.764. The van der Waals surface area contributed by atoms with E-state index < -0.39 is 0 Å². The van der Waals surface area contributed by atoms with Crippen molar-refractivity contribution in [3.8, 4) is 0 Å². The molecule has 1 atom stereocenters. The molecule has 0 saturated carbocycles. The second-order valence-corrected chi connectivity index (χ2v) is 4.54. The van der Waals surface area contributed by atoms with E-state index in [1.54, 1.807) is 4.68 Å². The van der Waals surface area contributed by atoms with Crippen molar-refractivity contribution < 1.29 is 9.84 Å². The Morgan fingerprint density at radius 1 is 1.53 bits per heavy atom. The number of aliphatic hydroxyl groups excluding tert-OH is 1. The first-order valence-electron chi connectivity index (χ1n) is 6.00. The predicted molar refractivity (Wildman–Crippen MR) is 68.4 cm³/mol. The van der Waals surface area contributed by atoms with Gasteiger partial charge in [-0.2, -0.15) is 5.10 Å². The van der Waals surface area contributed by atoms with E-state index in [1.165, 1.54) is 0 Å². The molecule has 0 aliphatic heterocycles. The number of aliphatic hydroxyl groups is 1. The van der Waals surface area contributed by atoms with Gasteiger partial charge in [0.2, 0.25) is 0 Å². The summed E-state index contributed by atoms with van der Waals surface area (Å²) in [5.74, 6) is 0. The van der Waals surface area contributed by atoms with Gasteiger partial charge in [-0.15, -0.1) is 0 Å². The Morgan fingerprint density at radius 2 is 2.24 bits per heavy atom. The molecule has 0 bridgehead atoms. The smallest absolute Gasteiger partial charge is 0.0847 e. The van der Waals surface area contributed by atoms with E-state index in [9.17, 15) is 5.11 Å². The van der Waals surface area contributed by atoms with Crippen LogP contribution in [0.4, 0.5) is 0 Å². The highest BCUT2D eigenvalue weighted by molar-refractivity contribution is 6.31. The Kier molecular flexibility index (Phi) is 5.95. The summed E-state index contributed by atoms with van der Waals surface area (Å²) in [7, 11) is 1.85. The zero-order valence-electron chi connectivity index (χ0n) is 10.7. The number of rotatable bonds is 7. The first kappa shape index (κ1) is 14.5. The third-order valence-electron chi connectivity index (χ3n) is 2.72. The molecular weight excluding hydrogens is 240 g/mol. The second kappa shape index (κ2) is 6.99. The van der Waals surface area contributed by atoms with Gasteiger partial charge in [0.1, 0.15) is 0 Å². The SMILES string of the molecule is CCOCCCC(O)Cc1c(Cl)c(C)nn1C. The molecule has 1 aromatic rings. The van der Waals surface area contributed by atoms with Gasteiger partial charge in [0.05, 0.1) is 22.5 Å². The maximum absolute atomic E-state index is 9.90. The molecule has 98 valence electrons. The fourth-order valence-electron chi connectivity index (χ4n) is 1.79. The van der Waals surface area contributed by atoms with E-state index in [4.69, 9.17) is 16.3 Å². The molecule has 5 heteroatoms. The van der Waals surface area contributed by atoms with E-state index in [-0.39, 0.29) is 6.10 Å². The molecule has 0 saturated heterocycles. The van der Waals surface area contributed by atoms with Crippen molar-refractivity contribution in [2.75, 3.05) is 13.2 Å². The zero-order chi connectivity index (χ0) is 12.8. The highest BCUT2D eigenvalue weighted by atomic mass is 35.5. The first-order valence-corrected chi connectivity index (χ1v) is 6.37. The van der Waals surface area contributed by atoms with Crippen molar-refractivity contribution >= 4 is 11.6 Å². The fraction of sp³-hybridized carbons (Fsp3) is 0.750. The number of nitrogens with zero attached hydrogens (tertiary/aromatic N) is 2. The Hall–Kier alpha value is -0.580. The van der Waals surface area contributed by atoms with Gasteiger partial charge in [-0.05, 0) is 26.7 Å². The molecule has 0 aliphatic carbocycles. The highest BCUT2D eigenvalue weighted by Gasteiger charge is 2.15. The molecule has 17 heavy (non-hydrogen) atoms. The Morgan fingerprint density at radius 3 is 2.76 bits per heavy atom. The summed E-state index contributed by atoms with van der Waals surface area (Å²) in [6.45, 7) is 5.26. The van der Waals surface area contributed by atoms with E-state index >= 15 is 0 Å². The molecule has 4 nitrogen and oxygen atoms in total. The molecule has 0 radical (unpaired) electrons. The monoisotopic (exact) mass is 260 g/mol. The predicted octanol–water partition coefficient (Wildman–Crippen LogP) is 2.10. The van der Waals surface area contributed by atoms with Crippen molar-refractivity contribution in [3.05, 3.63) is 16.4 Å². The van der Waals surface area contributed by atoms with Crippen molar-refractivity contribution in [1.82, 2.24) is 9.78 Å². The van der Waals surface area contributed by atoms with Crippen LogP contribution in [0.3, 0.4) is 0 Å². The van der Waals surface area contributed by atoms with Gasteiger partial charge in [0, 0.05) is 26.7 Å². The third kappa shape index (κ3) is 4.30. The molecule has 1 N–H and O–H groups in total. The number of aromatic nitrogens is 2. The number of hydrogen-bond donors (Lipinski definition) is 1. The lowest BCUT2D eigenvalue weighted by molar-refractivity contribution is 0.113. The summed E-state index contributed by atoms with van der Waals surface area (Å²) in [5.41, 5.74) is 1.71. The Labute approximate surface area is 108 Å². The maximum atomic E-state index is 9.90. The Bertz CT molecular complexity index is 353. The molecule has 1 heterocycles. The molecule has 1 aromatic heterocycles. The van der Waals surface area contributed by atoms with Crippen LogP contribution in [0.15, 0.2) is 0 Å². The summed E-state index contributed by atoms with van der Waals surface area (Å²) in [6.07, 6.45) is 1.74. The number of ether oxygens (including phenoxy) is 1. The summed E-state index contributed by atoms with van der Waals surface area (Å²) in [5, 5.41) is 14.8. The van der Waals surface area contributed by atoms with Crippen LogP contribution in [-0.4, -0.2) is 34.2 Å². The number of hydrogen-bond acceptors (Lipinski definition) is 3. The Balaban J connectivity index is 2.42. The van der Waals surface area contributed by atoms with Crippen LogP contribution in [-0.2, 0) is 18.2 Å². The van der Waals surface area contributed by atoms with Crippen LogP contribution < -0.4 is 0 Å². The van der Waals surface area contributed by atoms with Crippen LogP contribution >= 0.6 is 11.6 Å². The van der Waals surface area contributed by atoms with Gasteiger partial charge in [-0.3, -0.25) is 4.68 Å². The minimum absolute atomic E-state index is 0.386. The van der Waals surface area contributed by atoms with Gasteiger partial charge >= 0.3 is 0 Å². The maximum Gasteiger partial charge on any atom is 0.0847 e. The topological polar surface area (TPSA) is 47.3 Å². The lowest BCUT2D eigenvalue weighted by Crippen LogP contribution is -2.14. The third-order valence-corrected chi connectivity index (χ3v) is 3.21. The van der Waals surface area contributed by atoms with Crippen molar-refractivity contribution in [1.29, 1.82) is 0 Å². The zero-order valence-corrected chi connectivity index (χ0v) is 11.5. The molecule has 1 rings (SSSR count). The lowest BCUT2D eigenvalue weighted by atomic mass is 10.1. The van der Waals surface area contributed by atoms with E-state index in [2.05, 4.69) is 5.10 Å². The molecule has 0 fully saturated rings. The fourth-order valence-corrected chi connectivity index (χ4v) is 2.03. The lowest BCUT2D eigenvalue weighted by Gasteiger charge is -2.11. The summed E-state index contributed by atoms with van der Waals surface area (Å²) in [4.78, 5) is 0. The van der Waals surface area contributed by atoms with Gasteiger partial charge in [-0.1, -0.05) is 11.6 Å². The number of aryl methyl sites for hydroxylation is 2. The molecule has 0 spiro atoms. The second-order valence-electron chi connectivity index (χ2n) is 4.17. The van der Waals surface area contributed by atoms with Crippen LogP contribution in [0.5, 0.6) is 0 Å². The van der Waals surface area contributed by atoms with Crippen molar-refractivity contribution in [2.45, 2.75) is 39.2 Å². The van der Waals surface area contributed by atoms with E-state index in [0.717, 1.165) is 30.8 Å². The van der Waals surface area contributed by atoms with E-state index in [1.807, 2.05) is 20.9 Å². The molecular formula is C12H21ClN2O2. The van der Waals surface area contributed by atoms with Crippen LogP contribution in [0.25, 0.3) is 0 Å². The van der Waals surface area contributed by atoms with Crippen molar-refractivity contribution in [3.63, 3.8) is 0 Å². The average molecular weight is 261 g/mol. The number of halogens is 1. The van der Waals surface area contributed by atoms with Gasteiger partial charge < -0.3 is 9.84 Å². The van der Waals surface area contributed by atoms with Gasteiger partial charge in [-0.25, -0.2) is 0 Å². The normalized spacial score (nSPS) is 13.0. The molecule has 1 unspecified atom stereocenters. The van der Waals surface area contributed by atoms with Crippen LogP contribution in [0.2, 0.25) is 5.02 Å². The molecule has 0 aromatic carbocycles. The van der Waals surface area contributed by atoms with Gasteiger partial charge in [0.25, 0.3) is 0 Å². The van der Waals surface area contributed by atoms with Gasteiger partial charge in [0.15, 0.2) is 0 Å². The van der Waals surface area contributed by atoms with Crippen LogP contribution in [0.1, 0.15) is 31.2 Å². The summed E-state index contributed by atoms with van der Waals surface area (Å²) < 4.78 is 6.97. The summed E-state index contributed by atoms with van der Waals surface area (Å²) >= 11 is 6.12. The van der Waals surface area contributed by atoms with Crippen LogP contribution in [0, 0.1) is 6.92 Å².